The summed E-state index contributed by atoms with van der Waals surface area (Å²) in [5.41, 5.74) is 4.87. The normalized spacial score (nSPS) is 20.7. The highest BCUT2D eigenvalue weighted by atomic mass is 79.9. The van der Waals surface area contributed by atoms with E-state index in [-0.39, 0.29) is 12.3 Å². The Bertz CT molecular complexity index is 998. The molecular formula is C22H19BrN2OS. The molecule has 136 valence electrons. The summed E-state index contributed by atoms with van der Waals surface area (Å²) >= 11 is 5.32. The second-order valence-electron chi connectivity index (χ2n) is 6.86. The van der Waals surface area contributed by atoms with Crippen LogP contribution in [0, 0.1) is 0 Å². The molecule has 0 bridgehead atoms. The first-order chi connectivity index (χ1) is 13.2. The minimum atomic E-state index is -0.170. The Morgan fingerprint density at radius 3 is 2.78 bits per heavy atom. The molecule has 3 heterocycles. The molecule has 5 heteroatoms. The van der Waals surface area contributed by atoms with Gasteiger partial charge in [0.1, 0.15) is 5.75 Å². The van der Waals surface area contributed by atoms with Crippen LogP contribution in [-0.4, -0.2) is 10.7 Å². The van der Waals surface area contributed by atoms with Gasteiger partial charge >= 0.3 is 0 Å². The summed E-state index contributed by atoms with van der Waals surface area (Å²) < 4.78 is 7.44. The van der Waals surface area contributed by atoms with Gasteiger partial charge in [-0.3, -0.25) is 0 Å². The van der Waals surface area contributed by atoms with E-state index in [1.165, 1.54) is 21.6 Å². The summed E-state index contributed by atoms with van der Waals surface area (Å²) in [4.78, 5) is 1.18. The molecule has 0 N–H and O–H groups in total. The van der Waals surface area contributed by atoms with Gasteiger partial charge in [-0.15, -0.1) is 11.3 Å². The topological polar surface area (TPSA) is 24.8 Å². The molecule has 0 saturated heterocycles. The van der Waals surface area contributed by atoms with Gasteiger partial charge in [0.05, 0.1) is 16.6 Å². The predicted octanol–water partition coefficient (Wildman–Crippen LogP) is 6.32. The number of thiophene rings is 1. The molecule has 2 atom stereocenters. The van der Waals surface area contributed by atoms with E-state index in [1.807, 2.05) is 6.07 Å². The summed E-state index contributed by atoms with van der Waals surface area (Å²) in [5, 5.41) is 9.25. The minimum absolute atomic E-state index is 0.170. The van der Waals surface area contributed by atoms with Crippen LogP contribution in [0.15, 0.2) is 69.6 Å². The highest BCUT2D eigenvalue weighted by molar-refractivity contribution is 9.10. The number of hydrogen-bond acceptors (Lipinski definition) is 4. The van der Waals surface area contributed by atoms with E-state index in [1.54, 1.807) is 11.3 Å². The van der Waals surface area contributed by atoms with Crippen LogP contribution in [0.1, 0.15) is 47.2 Å². The first-order valence-corrected chi connectivity index (χ1v) is 10.8. The number of hydrogen-bond donors (Lipinski definition) is 0. The van der Waals surface area contributed by atoms with Crippen molar-refractivity contribution >= 4 is 33.0 Å². The molecule has 2 aliphatic heterocycles. The number of fused-ring (bicyclic) bond motifs is 3. The van der Waals surface area contributed by atoms with Crippen LogP contribution < -0.4 is 4.74 Å². The van der Waals surface area contributed by atoms with Crippen molar-refractivity contribution in [3.05, 3.63) is 86.0 Å². The number of halogens is 1. The van der Waals surface area contributed by atoms with Crippen molar-refractivity contribution in [1.29, 1.82) is 0 Å². The maximum absolute atomic E-state index is 6.37. The van der Waals surface area contributed by atoms with Crippen molar-refractivity contribution in [2.24, 2.45) is 5.10 Å². The lowest BCUT2D eigenvalue weighted by molar-refractivity contribution is -0.0166. The Hall–Kier alpha value is -2.11. The molecule has 2 aromatic carbocycles. The van der Waals surface area contributed by atoms with Gasteiger partial charge < -0.3 is 4.74 Å². The molecule has 0 unspecified atom stereocenters. The largest absolute Gasteiger partial charge is 0.464 e. The molecule has 0 aliphatic carbocycles. The van der Waals surface area contributed by atoms with Crippen LogP contribution >= 0.6 is 27.3 Å². The van der Waals surface area contributed by atoms with E-state index in [2.05, 4.69) is 81.8 Å². The third kappa shape index (κ3) is 2.99. The molecule has 0 saturated carbocycles. The summed E-state index contributed by atoms with van der Waals surface area (Å²) in [6.07, 6.45) is 1.77. The molecular weight excluding hydrogens is 420 g/mol. The van der Waals surface area contributed by atoms with Gasteiger partial charge in [0.2, 0.25) is 6.23 Å². The van der Waals surface area contributed by atoms with Gasteiger partial charge in [-0.05, 0) is 47.2 Å². The molecule has 27 heavy (non-hydrogen) atoms. The molecule has 3 nitrogen and oxygen atoms in total. The second-order valence-corrected chi connectivity index (χ2v) is 8.76. The van der Waals surface area contributed by atoms with Crippen LogP contribution in [0.2, 0.25) is 0 Å². The first-order valence-electron chi connectivity index (χ1n) is 9.17. The Labute approximate surface area is 171 Å². The summed E-state index contributed by atoms with van der Waals surface area (Å²) in [7, 11) is 0. The molecule has 0 amide bonds. The standard InChI is InChI=1S/C22H19BrN2OS/c1-2-14-5-7-15(8-6-14)18-13-19-17-12-16(23)9-10-20(17)26-22(25(19)24-18)21-4-3-11-27-21/h3-12,19,22H,2,13H2,1H3/t19-,22-/m1/s1. The van der Waals surface area contributed by atoms with Crippen molar-refractivity contribution in [3.63, 3.8) is 0 Å². The molecule has 0 fully saturated rings. The maximum Gasteiger partial charge on any atom is 0.222 e. The number of benzene rings is 2. The van der Waals surface area contributed by atoms with E-state index < -0.39 is 0 Å². The molecule has 1 aromatic heterocycles. The minimum Gasteiger partial charge on any atom is -0.464 e. The highest BCUT2D eigenvalue weighted by Gasteiger charge is 2.41. The van der Waals surface area contributed by atoms with Crippen LogP contribution in [0.25, 0.3) is 0 Å². The Morgan fingerprint density at radius 1 is 1.19 bits per heavy atom. The number of aryl methyl sites for hydroxylation is 1. The Morgan fingerprint density at radius 2 is 2.04 bits per heavy atom. The zero-order valence-corrected chi connectivity index (χ0v) is 17.3. The first kappa shape index (κ1) is 17.0. The van der Waals surface area contributed by atoms with Crippen LogP contribution in [-0.2, 0) is 6.42 Å². The van der Waals surface area contributed by atoms with E-state index in [9.17, 15) is 0 Å². The molecule has 2 aliphatic rings. The maximum atomic E-state index is 6.37. The third-order valence-electron chi connectivity index (χ3n) is 5.23. The monoisotopic (exact) mass is 438 g/mol. The van der Waals surface area contributed by atoms with Crippen molar-refractivity contribution < 1.29 is 4.74 Å². The lowest BCUT2D eigenvalue weighted by Gasteiger charge is -2.37. The molecule has 0 spiro atoms. The van der Waals surface area contributed by atoms with Gasteiger partial charge in [0.15, 0.2) is 0 Å². The fourth-order valence-electron chi connectivity index (χ4n) is 3.78. The van der Waals surface area contributed by atoms with Gasteiger partial charge in [0.25, 0.3) is 0 Å². The van der Waals surface area contributed by atoms with E-state index in [0.29, 0.717) is 0 Å². The van der Waals surface area contributed by atoms with Crippen LogP contribution in [0.4, 0.5) is 0 Å². The number of ether oxygens (including phenoxy) is 1. The van der Waals surface area contributed by atoms with E-state index in [4.69, 9.17) is 9.84 Å². The number of rotatable bonds is 3. The SMILES string of the molecule is CCc1ccc(C2=NN3[C@H](C2)c2cc(Br)ccc2O[C@@H]3c2cccs2)cc1. The summed E-state index contributed by atoms with van der Waals surface area (Å²) in [5.74, 6) is 0.954. The number of hydrazone groups is 1. The van der Waals surface area contributed by atoms with E-state index in [0.717, 1.165) is 28.8 Å². The predicted molar refractivity (Wildman–Crippen MR) is 113 cm³/mol. The fourth-order valence-corrected chi connectivity index (χ4v) is 4.91. The smallest absolute Gasteiger partial charge is 0.222 e. The van der Waals surface area contributed by atoms with Crippen LogP contribution in [0.3, 0.4) is 0 Å². The zero-order chi connectivity index (χ0) is 18.4. The fraction of sp³-hybridized carbons (Fsp3) is 0.227. The average molecular weight is 439 g/mol. The summed E-state index contributed by atoms with van der Waals surface area (Å²) in [6, 6.07) is 19.4. The molecule has 0 radical (unpaired) electrons. The highest BCUT2D eigenvalue weighted by Crippen LogP contribution is 2.48. The quantitative estimate of drug-likeness (QED) is 0.478. The number of nitrogens with zero attached hydrogens (tertiary/aromatic N) is 2. The molecule has 3 aromatic rings. The van der Waals surface area contributed by atoms with Crippen molar-refractivity contribution in [2.45, 2.75) is 32.0 Å². The summed E-state index contributed by atoms with van der Waals surface area (Å²) in [6.45, 7) is 2.18. The Balaban J connectivity index is 1.57. The van der Waals surface area contributed by atoms with Crippen molar-refractivity contribution in [2.75, 3.05) is 0 Å². The third-order valence-corrected chi connectivity index (χ3v) is 6.63. The lowest BCUT2D eigenvalue weighted by atomic mass is 9.96. The van der Waals surface area contributed by atoms with Gasteiger partial charge in [-0.2, -0.15) is 5.10 Å². The van der Waals surface area contributed by atoms with Crippen molar-refractivity contribution in [1.82, 2.24) is 5.01 Å². The Kier molecular flexibility index (Phi) is 4.29. The van der Waals surface area contributed by atoms with Gasteiger partial charge in [0, 0.05) is 16.5 Å². The molecule has 5 rings (SSSR count). The van der Waals surface area contributed by atoms with Gasteiger partial charge in [-0.25, -0.2) is 5.01 Å². The lowest BCUT2D eigenvalue weighted by Crippen LogP contribution is -2.33. The van der Waals surface area contributed by atoms with Crippen LogP contribution in [0.5, 0.6) is 5.75 Å². The van der Waals surface area contributed by atoms with Gasteiger partial charge in [-0.1, -0.05) is 53.2 Å². The zero-order valence-electron chi connectivity index (χ0n) is 14.9. The average Bonchev–Trinajstić information content (AvgIpc) is 3.38. The van der Waals surface area contributed by atoms with E-state index >= 15 is 0 Å². The van der Waals surface area contributed by atoms with Crippen molar-refractivity contribution in [3.8, 4) is 5.75 Å². The second kappa shape index (κ2) is 6.80.